The largest absolute Gasteiger partial charge is 0.326 e. The van der Waals surface area contributed by atoms with Gasteiger partial charge in [0.05, 0.1) is 4.90 Å². The topological polar surface area (TPSA) is 72.2 Å². The predicted molar refractivity (Wildman–Crippen MR) is 85.3 cm³/mol. The average Bonchev–Trinajstić information content (AvgIpc) is 2.86. The second kappa shape index (κ2) is 7.54. The summed E-state index contributed by atoms with van der Waals surface area (Å²) in [6, 6.07) is 1.62. The highest BCUT2D eigenvalue weighted by Crippen LogP contribution is 2.25. The van der Waals surface area contributed by atoms with Crippen LogP contribution in [0.5, 0.6) is 0 Å². The minimum atomic E-state index is -3.44. The summed E-state index contributed by atoms with van der Waals surface area (Å²) in [7, 11) is -3.44. The Bertz CT molecular complexity index is 507. The highest BCUT2D eigenvalue weighted by Gasteiger charge is 2.24. The molecule has 1 aromatic heterocycles. The Kier molecular flexibility index (Phi) is 6.64. The minimum Gasteiger partial charge on any atom is -0.326 e. The van der Waals surface area contributed by atoms with Crippen molar-refractivity contribution in [2.75, 3.05) is 6.54 Å². The first-order valence-corrected chi connectivity index (χ1v) is 9.45. The van der Waals surface area contributed by atoms with Crippen LogP contribution in [0.2, 0.25) is 0 Å². The Morgan fingerprint density at radius 3 is 2.65 bits per heavy atom. The van der Waals surface area contributed by atoms with Crippen molar-refractivity contribution in [3.8, 4) is 0 Å². The van der Waals surface area contributed by atoms with Crippen LogP contribution < -0.4 is 10.5 Å². The van der Waals surface area contributed by atoms with Gasteiger partial charge < -0.3 is 5.73 Å². The van der Waals surface area contributed by atoms with E-state index in [0.29, 0.717) is 16.3 Å². The SMILES string of the molecule is CCCCCC(C)(C)CNS(=O)(=O)c1ccsc1CN. The molecule has 0 bridgehead atoms. The van der Waals surface area contributed by atoms with Crippen molar-refractivity contribution >= 4 is 21.4 Å². The van der Waals surface area contributed by atoms with Crippen LogP contribution in [0.3, 0.4) is 0 Å². The number of hydrogen-bond acceptors (Lipinski definition) is 4. The molecule has 0 saturated carbocycles. The molecule has 0 unspecified atom stereocenters. The first-order chi connectivity index (χ1) is 9.32. The Hall–Kier alpha value is -0.430. The van der Waals surface area contributed by atoms with Crippen molar-refractivity contribution in [3.05, 3.63) is 16.3 Å². The monoisotopic (exact) mass is 318 g/mol. The molecule has 20 heavy (non-hydrogen) atoms. The van der Waals surface area contributed by atoms with Gasteiger partial charge in [0.1, 0.15) is 0 Å². The smallest absolute Gasteiger partial charge is 0.241 e. The molecule has 1 rings (SSSR count). The minimum absolute atomic E-state index is 0.0266. The lowest BCUT2D eigenvalue weighted by Crippen LogP contribution is -2.34. The molecule has 0 radical (unpaired) electrons. The molecule has 0 aliphatic heterocycles. The van der Waals surface area contributed by atoms with E-state index in [1.54, 1.807) is 11.4 Å². The van der Waals surface area contributed by atoms with Crippen molar-refractivity contribution in [1.29, 1.82) is 0 Å². The van der Waals surface area contributed by atoms with E-state index in [2.05, 4.69) is 25.5 Å². The van der Waals surface area contributed by atoms with Gasteiger partial charge in [-0.1, -0.05) is 40.0 Å². The third-order valence-corrected chi connectivity index (χ3v) is 5.94. The van der Waals surface area contributed by atoms with Crippen LogP contribution in [-0.4, -0.2) is 15.0 Å². The standard InChI is InChI=1S/C14H26N2O2S2/c1-4-5-6-8-14(2,3)11-16-20(17,18)13-7-9-19-12(13)10-15/h7,9,16H,4-6,8,10-11,15H2,1-3H3. The van der Waals surface area contributed by atoms with Crippen molar-refractivity contribution in [3.63, 3.8) is 0 Å². The van der Waals surface area contributed by atoms with E-state index in [9.17, 15) is 8.42 Å². The molecule has 4 nitrogen and oxygen atoms in total. The van der Waals surface area contributed by atoms with E-state index < -0.39 is 10.0 Å². The molecular formula is C14H26N2O2S2. The van der Waals surface area contributed by atoms with E-state index in [1.165, 1.54) is 24.2 Å². The second-order valence-electron chi connectivity index (χ2n) is 5.86. The molecule has 0 aliphatic rings. The zero-order valence-corrected chi connectivity index (χ0v) is 14.2. The van der Waals surface area contributed by atoms with Gasteiger partial charge in [-0.25, -0.2) is 13.1 Å². The summed E-state index contributed by atoms with van der Waals surface area (Å²) >= 11 is 1.38. The summed E-state index contributed by atoms with van der Waals surface area (Å²) in [5.41, 5.74) is 5.55. The summed E-state index contributed by atoms with van der Waals surface area (Å²) in [4.78, 5) is 1.04. The molecule has 6 heteroatoms. The molecule has 0 aliphatic carbocycles. The van der Waals surface area contributed by atoms with E-state index in [0.717, 1.165) is 12.8 Å². The lowest BCUT2D eigenvalue weighted by molar-refractivity contribution is 0.320. The van der Waals surface area contributed by atoms with E-state index in [-0.39, 0.29) is 12.0 Å². The molecule has 0 aromatic carbocycles. The van der Waals surface area contributed by atoms with Crippen LogP contribution in [0.1, 0.15) is 51.3 Å². The molecule has 3 N–H and O–H groups in total. The maximum Gasteiger partial charge on any atom is 0.241 e. The van der Waals surface area contributed by atoms with Gasteiger partial charge in [-0.2, -0.15) is 0 Å². The number of hydrogen-bond donors (Lipinski definition) is 2. The third-order valence-electron chi connectivity index (χ3n) is 3.38. The maximum absolute atomic E-state index is 12.3. The van der Waals surface area contributed by atoms with Crippen molar-refractivity contribution < 1.29 is 8.42 Å². The van der Waals surface area contributed by atoms with Gasteiger partial charge in [0.15, 0.2) is 0 Å². The number of rotatable bonds is 9. The highest BCUT2D eigenvalue weighted by atomic mass is 32.2. The molecule has 0 amide bonds. The van der Waals surface area contributed by atoms with Crippen molar-refractivity contribution in [2.45, 2.75) is 57.9 Å². The Morgan fingerprint density at radius 2 is 2.05 bits per heavy atom. The Morgan fingerprint density at radius 1 is 1.35 bits per heavy atom. The van der Waals surface area contributed by atoms with Crippen LogP contribution in [0.25, 0.3) is 0 Å². The molecule has 116 valence electrons. The summed E-state index contributed by atoms with van der Waals surface area (Å²) in [5.74, 6) is 0. The number of nitrogens with two attached hydrogens (primary N) is 1. The molecule has 1 heterocycles. The first kappa shape index (κ1) is 17.6. The van der Waals surface area contributed by atoms with Gasteiger partial charge >= 0.3 is 0 Å². The lowest BCUT2D eigenvalue weighted by Gasteiger charge is -2.24. The van der Waals surface area contributed by atoms with Crippen molar-refractivity contribution in [2.24, 2.45) is 11.1 Å². The van der Waals surface area contributed by atoms with Crippen LogP contribution in [-0.2, 0) is 16.6 Å². The van der Waals surface area contributed by atoms with E-state index in [4.69, 9.17) is 5.73 Å². The number of thiophene rings is 1. The fraction of sp³-hybridized carbons (Fsp3) is 0.714. The van der Waals surface area contributed by atoms with E-state index in [1.807, 2.05) is 0 Å². The van der Waals surface area contributed by atoms with Crippen LogP contribution in [0.4, 0.5) is 0 Å². The summed E-state index contributed by atoms with van der Waals surface area (Å²) < 4.78 is 27.3. The fourth-order valence-corrected chi connectivity index (χ4v) is 4.60. The van der Waals surface area contributed by atoms with Gasteiger partial charge in [-0.3, -0.25) is 0 Å². The van der Waals surface area contributed by atoms with Crippen LogP contribution in [0, 0.1) is 5.41 Å². The molecular weight excluding hydrogens is 292 g/mol. The summed E-state index contributed by atoms with van der Waals surface area (Å²) in [5, 5.41) is 1.77. The highest BCUT2D eigenvalue weighted by molar-refractivity contribution is 7.89. The number of nitrogens with one attached hydrogen (secondary N) is 1. The third kappa shape index (κ3) is 5.16. The fourth-order valence-electron chi connectivity index (χ4n) is 2.03. The van der Waals surface area contributed by atoms with Gasteiger partial charge in [0.2, 0.25) is 10.0 Å². The Labute approximate surface area is 126 Å². The zero-order chi connectivity index (χ0) is 15.2. The molecule has 0 spiro atoms. The normalized spacial score (nSPS) is 12.8. The van der Waals surface area contributed by atoms with Crippen LogP contribution in [0.15, 0.2) is 16.3 Å². The lowest BCUT2D eigenvalue weighted by atomic mass is 9.87. The zero-order valence-electron chi connectivity index (χ0n) is 12.6. The summed E-state index contributed by atoms with van der Waals surface area (Å²) in [6.07, 6.45) is 4.53. The maximum atomic E-state index is 12.3. The number of unbranched alkanes of at least 4 members (excludes halogenated alkanes) is 2. The molecule has 1 aromatic rings. The van der Waals surface area contributed by atoms with Crippen molar-refractivity contribution in [1.82, 2.24) is 4.72 Å². The molecule has 0 saturated heterocycles. The van der Waals surface area contributed by atoms with Gasteiger partial charge in [0.25, 0.3) is 0 Å². The molecule has 0 fully saturated rings. The Balaban J connectivity index is 2.63. The predicted octanol–water partition coefficient (Wildman–Crippen LogP) is 3.09. The summed E-state index contributed by atoms with van der Waals surface area (Å²) in [6.45, 7) is 7.08. The first-order valence-electron chi connectivity index (χ1n) is 7.08. The second-order valence-corrected chi connectivity index (χ2v) is 8.59. The van der Waals surface area contributed by atoms with Gasteiger partial charge in [0, 0.05) is 18.0 Å². The average molecular weight is 319 g/mol. The van der Waals surface area contributed by atoms with Crippen LogP contribution >= 0.6 is 11.3 Å². The number of sulfonamides is 1. The van der Waals surface area contributed by atoms with Gasteiger partial charge in [-0.05, 0) is 23.3 Å². The van der Waals surface area contributed by atoms with Gasteiger partial charge in [-0.15, -0.1) is 11.3 Å². The van der Waals surface area contributed by atoms with E-state index >= 15 is 0 Å². The molecule has 0 atom stereocenters. The quantitative estimate of drug-likeness (QED) is 0.687.